The molecular formula is C26H24BrN3O3. The van der Waals surface area contributed by atoms with Crippen molar-refractivity contribution < 1.29 is 15.0 Å². The topological polar surface area (TPSA) is 88.2 Å². The number of halogens is 1. The van der Waals surface area contributed by atoms with E-state index in [1.165, 1.54) is 0 Å². The molecule has 1 spiro atoms. The van der Waals surface area contributed by atoms with Crippen LogP contribution in [0.5, 0.6) is 5.75 Å². The highest BCUT2D eigenvalue weighted by atomic mass is 79.9. The Kier molecular flexibility index (Phi) is 4.33. The van der Waals surface area contributed by atoms with Gasteiger partial charge in [0, 0.05) is 21.5 Å². The molecule has 0 aliphatic heterocycles. The molecule has 2 fully saturated rings. The fourth-order valence-corrected chi connectivity index (χ4v) is 6.89. The highest BCUT2D eigenvalue weighted by molar-refractivity contribution is 9.10. The summed E-state index contributed by atoms with van der Waals surface area (Å²) in [6, 6.07) is 11.6. The lowest BCUT2D eigenvalue weighted by Gasteiger charge is -2.41. The van der Waals surface area contributed by atoms with E-state index in [4.69, 9.17) is 0 Å². The van der Waals surface area contributed by atoms with Gasteiger partial charge in [0.25, 0.3) is 0 Å². The van der Waals surface area contributed by atoms with E-state index < -0.39 is 11.0 Å². The Bertz CT molecular complexity index is 1330. The van der Waals surface area contributed by atoms with Gasteiger partial charge in [0.1, 0.15) is 11.4 Å². The third-order valence-corrected chi connectivity index (χ3v) is 8.75. The van der Waals surface area contributed by atoms with Crippen LogP contribution < -0.4 is 0 Å². The van der Waals surface area contributed by atoms with Crippen LogP contribution in [0.1, 0.15) is 47.8 Å². The number of fused-ring (bicyclic) bond motifs is 3. The smallest absolute Gasteiger partial charge is 0.168 e. The normalized spacial score (nSPS) is 29.9. The first-order valence-electron chi connectivity index (χ1n) is 11.2. The molecule has 0 amide bonds. The minimum Gasteiger partial charge on any atom is -0.508 e. The highest BCUT2D eigenvalue weighted by Gasteiger charge is 2.69. The first-order chi connectivity index (χ1) is 15.7. The number of phenolic OH excluding ortho intramolecular Hbond substituents is 1. The molecule has 2 saturated carbocycles. The number of carbonyl (C=O) groups is 1. The summed E-state index contributed by atoms with van der Waals surface area (Å²) in [6.07, 6.45) is 3.52. The molecule has 3 aliphatic carbocycles. The zero-order valence-electron chi connectivity index (χ0n) is 18.3. The minimum absolute atomic E-state index is 0.00158. The van der Waals surface area contributed by atoms with Crippen molar-refractivity contribution in [2.75, 3.05) is 0 Å². The molecule has 1 heterocycles. The van der Waals surface area contributed by atoms with Crippen molar-refractivity contribution in [3.8, 4) is 17.0 Å². The standard InChI is InChI=1S/C26H24BrN3O3/c1-14-22(31)8-7-18-19-9-10-25(33)13-26(19,24(32)15(25)2)20(23(14)18)11-30-12-21(28-29-30)16-3-5-17(27)6-4-16/h3-8,12,19-20,31,33H,2,9-11,13H2,1H3/t19-,20-,25-,26+/m0/s1. The second kappa shape index (κ2) is 6.87. The summed E-state index contributed by atoms with van der Waals surface area (Å²) in [5.74, 6) is -0.0516. The molecule has 1 aromatic heterocycles. The molecular weight excluding hydrogens is 482 g/mol. The van der Waals surface area contributed by atoms with Crippen LogP contribution in [-0.2, 0) is 11.3 Å². The van der Waals surface area contributed by atoms with E-state index in [0.717, 1.165) is 38.8 Å². The Morgan fingerprint density at radius 2 is 2.00 bits per heavy atom. The number of ketones is 1. The van der Waals surface area contributed by atoms with Gasteiger partial charge in [-0.25, -0.2) is 0 Å². The first-order valence-corrected chi connectivity index (χ1v) is 12.0. The van der Waals surface area contributed by atoms with Gasteiger partial charge in [0.15, 0.2) is 5.78 Å². The van der Waals surface area contributed by atoms with E-state index in [1.54, 1.807) is 10.7 Å². The monoisotopic (exact) mass is 505 g/mol. The van der Waals surface area contributed by atoms with Crippen LogP contribution in [0.2, 0.25) is 0 Å². The molecule has 2 aromatic carbocycles. The number of phenols is 1. The van der Waals surface area contributed by atoms with E-state index in [0.29, 0.717) is 25.0 Å². The van der Waals surface area contributed by atoms with E-state index in [9.17, 15) is 15.0 Å². The van der Waals surface area contributed by atoms with Gasteiger partial charge >= 0.3 is 0 Å². The maximum absolute atomic E-state index is 13.7. The average Bonchev–Trinajstić information content (AvgIpc) is 3.41. The summed E-state index contributed by atoms with van der Waals surface area (Å²) in [6.45, 7) is 6.36. The van der Waals surface area contributed by atoms with E-state index >= 15 is 0 Å². The van der Waals surface area contributed by atoms with Gasteiger partial charge in [-0.3, -0.25) is 9.48 Å². The molecule has 7 heteroatoms. The van der Waals surface area contributed by atoms with Crippen LogP contribution in [0, 0.1) is 12.3 Å². The molecule has 3 aromatic rings. The van der Waals surface area contributed by atoms with Crippen molar-refractivity contribution in [2.24, 2.45) is 5.41 Å². The maximum atomic E-state index is 13.7. The van der Waals surface area contributed by atoms with Crippen molar-refractivity contribution in [2.45, 2.75) is 50.2 Å². The van der Waals surface area contributed by atoms with Crippen molar-refractivity contribution in [3.63, 3.8) is 0 Å². The summed E-state index contributed by atoms with van der Waals surface area (Å²) < 4.78 is 2.78. The first kappa shape index (κ1) is 20.8. The fraction of sp³-hybridized carbons (Fsp3) is 0.346. The largest absolute Gasteiger partial charge is 0.508 e. The van der Waals surface area contributed by atoms with Gasteiger partial charge < -0.3 is 10.2 Å². The average molecular weight is 506 g/mol. The number of hydrogen-bond donors (Lipinski definition) is 2. The van der Waals surface area contributed by atoms with Crippen LogP contribution in [0.25, 0.3) is 11.3 Å². The van der Waals surface area contributed by atoms with Gasteiger partial charge in [-0.15, -0.1) is 5.10 Å². The van der Waals surface area contributed by atoms with Crippen LogP contribution in [0.4, 0.5) is 0 Å². The molecule has 4 atom stereocenters. The maximum Gasteiger partial charge on any atom is 0.168 e. The highest BCUT2D eigenvalue weighted by Crippen LogP contribution is 2.70. The Morgan fingerprint density at radius 3 is 2.76 bits per heavy atom. The molecule has 2 N–H and O–H groups in total. The molecule has 0 saturated heterocycles. The molecule has 168 valence electrons. The molecule has 0 unspecified atom stereocenters. The summed E-state index contributed by atoms with van der Waals surface area (Å²) >= 11 is 3.45. The predicted molar refractivity (Wildman–Crippen MR) is 127 cm³/mol. The Morgan fingerprint density at radius 1 is 1.24 bits per heavy atom. The van der Waals surface area contributed by atoms with Crippen molar-refractivity contribution >= 4 is 21.7 Å². The van der Waals surface area contributed by atoms with Gasteiger partial charge in [-0.1, -0.05) is 45.9 Å². The minimum atomic E-state index is -1.14. The number of aromatic hydroxyl groups is 1. The number of Topliss-reactive ketones (excluding diaryl/α,β-unsaturated/α-hetero) is 1. The van der Waals surface area contributed by atoms with Gasteiger partial charge in [0.05, 0.1) is 23.8 Å². The fourth-order valence-electron chi connectivity index (χ4n) is 6.63. The molecule has 6 nitrogen and oxygen atoms in total. The molecule has 6 rings (SSSR count). The Balaban J connectivity index is 1.46. The number of hydrogen-bond acceptors (Lipinski definition) is 5. The number of nitrogens with zero attached hydrogens (tertiary/aromatic N) is 3. The van der Waals surface area contributed by atoms with E-state index in [2.05, 4.69) is 32.8 Å². The Hall–Kier alpha value is -2.77. The summed E-state index contributed by atoms with van der Waals surface area (Å²) in [5.41, 5.74) is 3.04. The second-order valence-electron chi connectivity index (χ2n) is 9.75. The third-order valence-electron chi connectivity index (χ3n) is 8.23. The zero-order chi connectivity index (χ0) is 23.1. The SMILES string of the molecule is C=C1C(=O)[C@]23C[C@@]1(O)CC[C@H]2c1ccc(O)c(C)c1[C@@H]3Cn1cc(-c2ccc(Br)cc2)nn1. The zero-order valence-corrected chi connectivity index (χ0v) is 19.8. The second-order valence-corrected chi connectivity index (χ2v) is 10.7. The number of rotatable bonds is 3. The predicted octanol–water partition coefficient (Wildman–Crippen LogP) is 4.64. The lowest BCUT2D eigenvalue weighted by atomic mass is 9.62. The van der Waals surface area contributed by atoms with Crippen molar-refractivity contribution in [1.82, 2.24) is 15.0 Å². The third kappa shape index (κ3) is 2.72. The number of benzene rings is 2. The summed E-state index contributed by atoms with van der Waals surface area (Å²) in [4.78, 5) is 13.7. The Labute approximate surface area is 200 Å². The lowest BCUT2D eigenvalue weighted by molar-refractivity contribution is -0.126. The van der Waals surface area contributed by atoms with Gasteiger partial charge in [-0.05, 0) is 67.0 Å². The van der Waals surface area contributed by atoms with Gasteiger partial charge in [0.2, 0.25) is 0 Å². The summed E-state index contributed by atoms with van der Waals surface area (Å²) in [5, 5.41) is 30.5. The lowest BCUT2D eigenvalue weighted by Crippen LogP contribution is -2.41. The van der Waals surface area contributed by atoms with Crippen LogP contribution in [0.3, 0.4) is 0 Å². The molecule has 2 bridgehead atoms. The van der Waals surface area contributed by atoms with E-state index in [1.807, 2.05) is 43.5 Å². The summed E-state index contributed by atoms with van der Waals surface area (Å²) in [7, 11) is 0. The van der Waals surface area contributed by atoms with E-state index in [-0.39, 0.29) is 23.4 Å². The number of aromatic nitrogens is 3. The number of aliphatic hydroxyl groups is 1. The van der Waals surface area contributed by atoms with Crippen LogP contribution >= 0.6 is 15.9 Å². The van der Waals surface area contributed by atoms with Crippen LogP contribution in [-0.4, -0.2) is 36.6 Å². The van der Waals surface area contributed by atoms with Crippen molar-refractivity contribution in [1.29, 1.82) is 0 Å². The number of carbonyl (C=O) groups excluding carboxylic acids is 1. The molecule has 33 heavy (non-hydrogen) atoms. The van der Waals surface area contributed by atoms with Gasteiger partial charge in [-0.2, -0.15) is 0 Å². The quantitative estimate of drug-likeness (QED) is 0.506. The molecule has 3 aliphatic rings. The van der Waals surface area contributed by atoms with Crippen LogP contribution in [0.15, 0.2) is 59.2 Å². The van der Waals surface area contributed by atoms with Crippen molar-refractivity contribution in [3.05, 3.63) is 75.9 Å². The molecule has 0 radical (unpaired) electrons.